The molecular formula is C39H50N2O5. The molecule has 1 N–H and O–H groups in total. The molecule has 7 nitrogen and oxygen atoms in total. The number of nitrogens with zero attached hydrogens (tertiary/aromatic N) is 1. The smallest absolute Gasteiger partial charge is 0.411 e. The second-order valence-electron chi connectivity index (χ2n) is 12.3. The summed E-state index contributed by atoms with van der Waals surface area (Å²) in [7, 11) is 0. The quantitative estimate of drug-likeness (QED) is 0.116. The zero-order chi connectivity index (χ0) is 33.5. The van der Waals surface area contributed by atoms with Crippen LogP contribution in [0.5, 0.6) is 5.75 Å². The van der Waals surface area contributed by atoms with Crippen LogP contribution in [-0.4, -0.2) is 41.8 Å². The minimum absolute atomic E-state index is 0.0544. The van der Waals surface area contributed by atoms with Crippen LogP contribution in [0.4, 0.5) is 10.5 Å². The molecule has 0 spiro atoms. The van der Waals surface area contributed by atoms with E-state index < -0.39 is 17.7 Å². The molecule has 3 atom stereocenters. The summed E-state index contributed by atoms with van der Waals surface area (Å²) in [5.74, 6) is 1.29. The molecule has 7 heteroatoms. The van der Waals surface area contributed by atoms with E-state index in [4.69, 9.17) is 14.2 Å². The van der Waals surface area contributed by atoms with Crippen molar-refractivity contribution in [2.45, 2.75) is 72.6 Å². The average Bonchev–Trinajstić information content (AvgIpc) is 3.57. The Kier molecular flexibility index (Phi) is 14.1. The highest BCUT2D eigenvalue weighted by molar-refractivity contribution is 5.91. The van der Waals surface area contributed by atoms with Gasteiger partial charge in [0.2, 0.25) is 0 Å². The maximum atomic E-state index is 12.8. The number of amides is 1. The molecule has 3 aromatic carbocycles. The Morgan fingerprint density at radius 3 is 2.11 bits per heavy atom. The van der Waals surface area contributed by atoms with Crippen molar-refractivity contribution < 1.29 is 23.8 Å². The molecule has 2 fully saturated rings. The van der Waals surface area contributed by atoms with Gasteiger partial charge in [-0.3, -0.25) is 10.2 Å². The van der Waals surface area contributed by atoms with Crippen molar-refractivity contribution >= 4 is 17.7 Å². The standard InChI is InChI=1S/C34H38N2O5.C3H6.C2H6/c1-34(2,3)41-32(37)17-18-39-28-15-13-24(14-16-28)21-36-22-26-19-29(20-27(26)23-36)40-33(38)35-31-12-8-7-11-30(31)25-9-5-4-6-10-25;1-3-2;1-2/h4-18,26-27,29H,19-23H2,1-3H3,(H,35,38);3H,1H2,2H3;1-2H3/b18-17+;;/t26-,27+,29?;;. The number of ether oxygens (including phenoxy) is 3. The first kappa shape index (κ1) is 36.1. The Hall–Kier alpha value is -4.36. The van der Waals surface area contributed by atoms with Gasteiger partial charge in [0.25, 0.3) is 0 Å². The molecule has 1 saturated carbocycles. The molecule has 1 aliphatic carbocycles. The lowest BCUT2D eigenvalue weighted by Crippen LogP contribution is -2.25. The summed E-state index contributed by atoms with van der Waals surface area (Å²) < 4.78 is 16.6. The monoisotopic (exact) mass is 626 g/mol. The predicted molar refractivity (Wildman–Crippen MR) is 187 cm³/mol. The number of para-hydroxylation sites is 1. The third-order valence-electron chi connectivity index (χ3n) is 7.45. The zero-order valence-electron chi connectivity index (χ0n) is 28.2. The van der Waals surface area contributed by atoms with Gasteiger partial charge in [-0.05, 0) is 81.7 Å². The van der Waals surface area contributed by atoms with Crippen LogP contribution >= 0.6 is 0 Å². The minimum Gasteiger partial charge on any atom is -0.465 e. The van der Waals surface area contributed by atoms with Gasteiger partial charge in [0.1, 0.15) is 17.5 Å². The molecule has 1 aliphatic heterocycles. The number of likely N-dealkylation sites (tertiary alicyclic amines) is 1. The molecule has 1 heterocycles. The number of benzene rings is 3. The Morgan fingerprint density at radius 2 is 1.50 bits per heavy atom. The Morgan fingerprint density at radius 1 is 0.913 bits per heavy atom. The zero-order valence-corrected chi connectivity index (χ0v) is 28.2. The number of hydrogen-bond donors (Lipinski definition) is 1. The highest BCUT2D eigenvalue weighted by Gasteiger charge is 2.42. The number of fused-ring (bicyclic) bond motifs is 1. The van der Waals surface area contributed by atoms with Gasteiger partial charge in [-0.2, -0.15) is 0 Å². The maximum Gasteiger partial charge on any atom is 0.411 e. The molecule has 1 unspecified atom stereocenters. The number of rotatable bonds is 8. The van der Waals surface area contributed by atoms with E-state index in [0.717, 1.165) is 49.3 Å². The molecule has 46 heavy (non-hydrogen) atoms. The van der Waals surface area contributed by atoms with Crippen molar-refractivity contribution in [3.8, 4) is 16.9 Å². The van der Waals surface area contributed by atoms with Gasteiger partial charge in [-0.25, -0.2) is 9.59 Å². The van der Waals surface area contributed by atoms with Crippen LogP contribution < -0.4 is 10.1 Å². The molecule has 0 aromatic heterocycles. The molecule has 3 aromatic rings. The third-order valence-corrected chi connectivity index (χ3v) is 7.45. The van der Waals surface area contributed by atoms with Crippen molar-refractivity contribution in [2.24, 2.45) is 11.8 Å². The number of nitrogens with one attached hydrogen (secondary N) is 1. The van der Waals surface area contributed by atoms with Crippen molar-refractivity contribution in [3.05, 3.63) is 109 Å². The van der Waals surface area contributed by atoms with Gasteiger partial charge >= 0.3 is 12.1 Å². The molecule has 1 amide bonds. The number of anilines is 1. The summed E-state index contributed by atoms with van der Waals surface area (Å²) in [5, 5.41) is 2.97. The second kappa shape index (κ2) is 18.0. The number of allylic oxidation sites excluding steroid dienone is 1. The second-order valence-corrected chi connectivity index (χ2v) is 12.3. The SMILES string of the molecule is C=CC.CC.CC(C)(C)OC(=O)/C=C/Oc1ccc(CN2C[C@H]3CC(OC(=O)Nc4ccccc4-c4ccccc4)C[C@H]3C2)cc1. The van der Waals surface area contributed by atoms with Crippen LogP contribution in [0.3, 0.4) is 0 Å². The van der Waals surface area contributed by atoms with Crippen LogP contribution in [0.25, 0.3) is 11.1 Å². The molecular weight excluding hydrogens is 576 g/mol. The van der Waals surface area contributed by atoms with Gasteiger partial charge < -0.3 is 14.2 Å². The first-order valence-corrected chi connectivity index (χ1v) is 16.2. The number of esters is 1. The normalized spacial score (nSPS) is 18.7. The highest BCUT2D eigenvalue weighted by atomic mass is 16.6. The Bertz CT molecular complexity index is 1400. The van der Waals surface area contributed by atoms with Crippen LogP contribution in [0.15, 0.2) is 104 Å². The van der Waals surface area contributed by atoms with E-state index in [-0.39, 0.29) is 6.10 Å². The molecule has 5 rings (SSSR count). The fraction of sp³-hybridized carbons (Fsp3) is 0.385. The lowest BCUT2D eigenvalue weighted by molar-refractivity contribution is -0.148. The van der Waals surface area contributed by atoms with E-state index in [0.29, 0.717) is 17.6 Å². The van der Waals surface area contributed by atoms with E-state index in [9.17, 15) is 9.59 Å². The lowest BCUT2D eigenvalue weighted by Gasteiger charge is -2.20. The fourth-order valence-corrected chi connectivity index (χ4v) is 5.75. The highest BCUT2D eigenvalue weighted by Crippen LogP contribution is 2.40. The topological polar surface area (TPSA) is 77.1 Å². The van der Waals surface area contributed by atoms with Crippen LogP contribution in [0.1, 0.15) is 59.9 Å². The fourth-order valence-electron chi connectivity index (χ4n) is 5.75. The number of carbonyl (C=O) groups excluding carboxylic acids is 2. The summed E-state index contributed by atoms with van der Waals surface area (Å²) >= 11 is 0. The molecule has 0 radical (unpaired) electrons. The lowest BCUT2D eigenvalue weighted by atomic mass is 10.0. The van der Waals surface area contributed by atoms with E-state index in [1.54, 1.807) is 6.08 Å². The van der Waals surface area contributed by atoms with E-state index in [1.807, 2.05) is 120 Å². The summed E-state index contributed by atoms with van der Waals surface area (Å²) in [6.45, 7) is 17.6. The summed E-state index contributed by atoms with van der Waals surface area (Å²) in [4.78, 5) is 27.0. The van der Waals surface area contributed by atoms with Crippen LogP contribution in [-0.2, 0) is 20.8 Å². The molecule has 2 aliphatic rings. The van der Waals surface area contributed by atoms with Gasteiger partial charge in [0.05, 0.1) is 18.0 Å². The van der Waals surface area contributed by atoms with E-state index in [1.165, 1.54) is 17.9 Å². The summed E-state index contributed by atoms with van der Waals surface area (Å²) in [6, 6.07) is 25.7. The summed E-state index contributed by atoms with van der Waals surface area (Å²) in [6.07, 6.45) is 5.73. The molecule has 1 saturated heterocycles. The van der Waals surface area contributed by atoms with Crippen molar-refractivity contribution in [1.29, 1.82) is 0 Å². The van der Waals surface area contributed by atoms with E-state index >= 15 is 0 Å². The Balaban J connectivity index is 0.00000109. The van der Waals surface area contributed by atoms with Crippen molar-refractivity contribution in [3.63, 3.8) is 0 Å². The first-order chi connectivity index (χ1) is 22.1. The van der Waals surface area contributed by atoms with E-state index in [2.05, 4.69) is 16.8 Å². The predicted octanol–water partition coefficient (Wildman–Crippen LogP) is 9.27. The van der Waals surface area contributed by atoms with Gasteiger partial charge in [0, 0.05) is 25.2 Å². The Labute approximate surface area is 275 Å². The third kappa shape index (κ3) is 11.5. The maximum absolute atomic E-state index is 12.8. The number of hydrogen-bond acceptors (Lipinski definition) is 6. The van der Waals surface area contributed by atoms with Crippen LogP contribution in [0, 0.1) is 11.8 Å². The molecule has 246 valence electrons. The van der Waals surface area contributed by atoms with Gasteiger partial charge in [-0.15, -0.1) is 6.58 Å². The minimum atomic E-state index is -0.532. The first-order valence-electron chi connectivity index (χ1n) is 16.2. The largest absolute Gasteiger partial charge is 0.465 e. The summed E-state index contributed by atoms with van der Waals surface area (Å²) in [5.41, 5.74) is 3.45. The van der Waals surface area contributed by atoms with Crippen LogP contribution in [0.2, 0.25) is 0 Å². The average molecular weight is 627 g/mol. The van der Waals surface area contributed by atoms with Crippen molar-refractivity contribution in [1.82, 2.24) is 4.90 Å². The van der Waals surface area contributed by atoms with Crippen molar-refractivity contribution in [2.75, 3.05) is 18.4 Å². The van der Waals surface area contributed by atoms with Gasteiger partial charge in [-0.1, -0.05) is 80.6 Å². The molecule has 0 bridgehead atoms. The number of carbonyl (C=O) groups is 2. The van der Waals surface area contributed by atoms with Gasteiger partial charge in [0.15, 0.2) is 0 Å².